The van der Waals surface area contributed by atoms with Gasteiger partial charge in [0.2, 0.25) is 0 Å². The molecule has 0 unspecified atom stereocenters. The SMILES string of the molecule is Cc1ncnc(N2CC(N(C)Cc3ccccc3Br)C2)c1C. The van der Waals surface area contributed by atoms with Gasteiger partial charge in [-0.1, -0.05) is 34.1 Å². The second-order valence-electron chi connectivity index (χ2n) is 5.97. The smallest absolute Gasteiger partial charge is 0.135 e. The number of hydrogen-bond acceptors (Lipinski definition) is 4. The van der Waals surface area contributed by atoms with E-state index in [1.54, 1.807) is 6.33 Å². The number of hydrogen-bond donors (Lipinski definition) is 0. The predicted octanol–water partition coefficient (Wildman–Crippen LogP) is 3.18. The zero-order valence-electron chi connectivity index (χ0n) is 13.3. The molecule has 0 bridgehead atoms. The fraction of sp³-hybridized carbons (Fsp3) is 0.412. The van der Waals surface area contributed by atoms with E-state index < -0.39 is 0 Å². The Kier molecular flexibility index (Phi) is 4.45. The minimum atomic E-state index is 0.571. The maximum atomic E-state index is 4.44. The summed E-state index contributed by atoms with van der Waals surface area (Å²) in [6.45, 7) is 7.15. The van der Waals surface area contributed by atoms with Gasteiger partial charge >= 0.3 is 0 Å². The summed E-state index contributed by atoms with van der Waals surface area (Å²) in [6.07, 6.45) is 1.66. The fourth-order valence-corrected chi connectivity index (χ4v) is 3.19. The van der Waals surface area contributed by atoms with Gasteiger partial charge in [0.25, 0.3) is 0 Å². The first-order chi connectivity index (χ1) is 10.6. The average Bonchev–Trinajstić information content (AvgIpc) is 2.44. The fourth-order valence-electron chi connectivity index (χ4n) is 2.78. The molecule has 2 heterocycles. The molecule has 0 radical (unpaired) electrons. The van der Waals surface area contributed by atoms with Gasteiger partial charge in [-0.3, -0.25) is 4.90 Å². The molecule has 0 atom stereocenters. The van der Waals surface area contributed by atoms with Crippen LogP contribution in [0, 0.1) is 13.8 Å². The molecule has 1 fully saturated rings. The third-order valence-electron chi connectivity index (χ3n) is 4.47. The summed E-state index contributed by atoms with van der Waals surface area (Å²) in [5.41, 5.74) is 3.59. The lowest BCUT2D eigenvalue weighted by Crippen LogP contribution is -2.58. The third kappa shape index (κ3) is 3.01. The highest BCUT2D eigenvalue weighted by atomic mass is 79.9. The van der Waals surface area contributed by atoms with E-state index in [0.29, 0.717) is 6.04 Å². The zero-order valence-corrected chi connectivity index (χ0v) is 14.8. The minimum Gasteiger partial charge on any atom is -0.353 e. The van der Waals surface area contributed by atoms with E-state index in [-0.39, 0.29) is 0 Å². The molecular weight excluding hydrogens is 340 g/mol. The van der Waals surface area contributed by atoms with Crippen LogP contribution in [-0.2, 0) is 6.54 Å². The molecule has 22 heavy (non-hydrogen) atoms. The highest BCUT2D eigenvalue weighted by Crippen LogP contribution is 2.26. The van der Waals surface area contributed by atoms with Crippen LogP contribution < -0.4 is 4.90 Å². The van der Waals surface area contributed by atoms with Gasteiger partial charge in [0.05, 0.1) is 0 Å². The molecule has 0 aliphatic carbocycles. The van der Waals surface area contributed by atoms with E-state index in [4.69, 9.17) is 0 Å². The predicted molar refractivity (Wildman–Crippen MR) is 93.1 cm³/mol. The first kappa shape index (κ1) is 15.4. The topological polar surface area (TPSA) is 32.3 Å². The Morgan fingerprint density at radius 2 is 1.95 bits per heavy atom. The number of halogens is 1. The third-order valence-corrected chi connectivity index (χ3v) is 5.25. The van der Waals surface area contributed by atoms with Crippen molar-refractivity contribution in [3.8, 4) is 0 Å². The molecule has 0 saturated carbocycles. The summed E-state index contributed by atoms with van der Waals surface area (Å²) < 4.78 is 1.18. The van der Waals surface area contributed by atoms with E-state index >= 15 is 0 Å². The van der Waals surface area contributed by atoms with Gasteiger partial charge in [0.1, 0.15) is 12.1 Å². The van der Waals surface area contributed by atoms with Crippen molar-refractivity contribution in [1.82, 2.24) is 14.9 Å². The minimum absolute atomic E-state index is 0.571. The maximum Gasteiger partial charge on any atom is 0.135 e. The number of rotatable bonds is 4. The molecule has 116 valence electrons. The van der Waals surface area contributed by atoms with Crippen molar-refractivity contribution in [2.75, 3.05) is 25.0 Å². The van der Waals surface area contributed by atoms with Gasteiger partial charge < -0.3 is 4.90 Å². The van der Waals surface area contributed by atoms with Crippen LogP contribution in [-0.4, -0.2) is 41.0 Å². The number of nitrogens with zero attached hydrogens (tertiary/aromatic N) is 4. The summed E-state index contributed by atoms with van der Waals surface area (Å²) in [6, 6.07) is 8.99. The molecule has 0 N–H and O–H groups in total. The second-order valence-corrected chi connectivity index (χ2v) is 6.83. The molecule has 1 aromatic heterocycles. The number of aryl methyl sites for hydroxylation is 1. The molecule has 1 aliphatic heterocycles. The molecular formula is C17H21BrN4. The lowest BCUT2D eigenvalue weighted by molar-refractivity contribution is 0.196. The molecule has 5 heteroatoms. The van der Waals surface area contributed by atoms with Crippen LogP contribution in [0.3, 0.4) is 0 Å². The van der Waals surface area contributed by atoms with E-state index in [1.165, 1.54) is 15.6 Å². The zero-order chi connectivity index (χ0) is 15.7. The van der Waals surface area contributed by atoms with Gasteiger partial charge in [0.15, 0.2) is 0 Å². The van der Waals surface area contributed by atoms with E-state index in [0.717, 1.165) is 31.1 Å². The Morgan fingerprint density at radius 3 is 2.68 bits per heavy atom. The summed E-state index contributed by atoms with van der Waals surface area (Å²) in [5.74, 6) is 1.08. The van der Waals surface area contributed by atoms with Gasteiger partial charge in [-0.25, -0.2) is 9.97 Å². The van der Waals surface area contributed by atoms with Crippen LogP contribution >= 0.6 is 15.9 Å². The molecule has 0 amide bonds. The number of likely N-dealkylation sites (N-methyl/N-ethyl adjacent to an activating group) is 1. The molecule has 1 aromatic carbocycles. The van der Waals surface area contributed by atoms with Crippen molar-refractivity contribution in [2.45, 2.75) is 26.4 Å². The van der Waals surface area contributed by atoms with Gasteiger partial charge in [-0.2, -0.15) is 0 Å². The largest absolute Gasteiger partial charge is 0.353 e. The first-order valence-corrected chi connectivity index (χ1v) is 8.32. The summed E-state index contributed by atoms with van der Waals surface area (Å²) in [5, 5.41) is 0. The number of aromatic nitrogens is 2. The number of anilines is 1. The van der Waals surface area contributed by atoms with Crippen molar-refractivity contribution in [2.24, 2.45) is 0 Å². The van der Waals surface area contributed by atoms with Crippen LogP contribution in [0.4, 0.5) is 5.82 Å². The van der Waals surface area contributed by atoms with Crippen molar-refractivity contribution in [3.05, 3.63) is 51.9 Å². The van der Waals surface area contributed by atoms with Crippen LogP contribution in [0.15, 0.2) is 35.1 Å². The monoisotopic (exact) mass is 360 g/mol. The average molecular weight is 361 g/mol. The normalized spacial score (nSPS) is 15.2. The highest BCUT2D eigenvalue weighted by molar-refractivity contribution is 9.10. The van der Waals surface area contributed by atoms with E-state index in [9.17, 15) is 0 Å². The van der Waals surface area contributed by atoms with Crippen LogP contribution in [0.5, 0.6) is 0 Å². The molecule has 0 spiro atoms. The Hall–Kier alpha value is -1.46. The van der Waals surface area contributed by atoms with Crippen molar-refractivity contribution >= 4 is 21.7 Å². The Bertz CT molecular complexity index is 667. The molecule has 3 rings (SSSR count). The van der Waals surface area contributed by atoms with Crippen LogP contribution in [0.25, 0.3) is 0 Å². The van der Waals surface area contributed by atoms with Gasteiger partial charge in [-0.05, 0) is 32.5 Å². The number of benzene rings is 1. The molecule has 1 saturated heterocycles. The lowest BCUT2D eigenvalue weighted by atomic mass is 10.1. The van der Waals surface area contributed by atoms with Gasteiger partial charge in [-0.15, -0.1) is 0 Å². The van der Waals surface area contributed by atoms with Crippen molar-refractivity contribution in [1.29, 1.82) is 0 Å². The summed E-state index contributed by atoms with van der Waals surface area (Å²) in [7, 11) is 2.19. The van der Waals surface area contributed by atoms with Crippen LogP contribution in [0.2, 0.25) is 0 Å². The highest BCUT2D eigenvalue weighted by Gasteiger charge is 2.32. The van der Waals surface area contributed by atoms with E-state index in [1.807, 2.05) is 6.92 Å². The molecule has 4 nitrogen and oxygen atoms in total. The quantitative estimate of drug-likeness (QED) is 0.837. The molecule has 2 aromatic rings. The van der Waals surface area contributed by atoms with E-state index in [2.05, 4.69) is 73.9 Å². The lowest BCUT2D eigenvalue weighted by Gasteiger charge is -2.45. The first-order valence-electron chi connectivity index (χ1n) is 7.53. The Balaban J connectivity index is 1.61. The summed E-state index contributed by atoms with van der Waals surface area (Å²) in [4.78, 5) is 13.4. The second kappa shape index (κ2) is 6.34. The summed E-state index contributed by atoms with van der Waals surface area (Å²) >= 11 is 3.63. The maximum absolute atomic E-state index is 4.44. The Labute approximate surface area is 140 Å². The van der Waals surface area contributed by atoms with Crippen molar-refractivity contribution in [3.63, 3.8) is 0 Å². The Morgan fingerprint density at radius 1 is 1.23 bits per heavy atom. The standard InChI is InChI=1S/C17H21BrN4/c1-12-13(2)19-11-20-17(12)22-9-15(10-22)21(3)8-14-6-4-5-7-16(14)18/h4-7,11,15H,8-10H2,1-3H3. The molecule has 1 aliphatic rings. The van der Waals surface area contributed by atoms with Crippen LogP contribution in [0.1, 0.15) is 16.8 Å². The van der Waals surface area contributed by atoms with Gasteiger partial charge in [0, 0.05) is 41.4 Å². The van der Waals surface area contributed by atoms with Crippen molar-refractivity contribution < 1.29 is 0 Å².